The van der Waals surface area contributed by atoms with Crippen molar-refractivity contribution in [2.24, 2.45) is 5.73 Å². The minimum Gasteiger partial charge on any atom is -0.352 e. The summed E-state index contributed by atoms with van der Waals surface area (Å²) >= 11 is 0. The third-order valence-electron chi connectivity index (χ3n) is 2.28. The molecule has 3 N–H and O–H groups in total. The standard InChI is InChI=1S/C12H17N3O3/c1-12(2,13)7-11(16)14-8-9-5-3-4-6-10(9)15(17)18/h3-6H,7-8,13H2,1-2H3,(H,14,16). The van der Waals surface area contributed by atoms with Gasteiger partial charge >= 0.3 is 0 Å². The van der Waals surface area contributed by atoms with Gasteiger partial charge in [0.2, 0.25) is 5.91 Å². The van der Waals surface area contributed by atoms with Crippen molar-refractivity contribution in [2.45, 2.75) is 32.4 Å². The van der Waals surface area contributed by atoms with E-state index in [0.29, 0.717) is 5.56 Å². The van der Waals surface area contributed by atoms with Gasteiger partial charge < -0.3 is 11.1 Å². The Kier molecular flexibility index (Phi) is 4.38. The lowest BCUT2D eigenvalue weighted by molar-refractivity contribution is -0.385. The molecule has 0 fully saturated rings. The molecule has 98 valence electrons. The Hall–Kier alpha value is -1.95. The summed E-state index contributed by atoms with van der Waals surface area (Å²) in [6, 6.07) is 6.31. The lowest BCUT2D eigenvalue weighted by atomic mass is 10.0. The van der Waals surface area contributed by atoms with E-state index in [0.717, 1.165) is 0 Å². The number of carbonyl (C=O) groups is 1. The maximum Gasteiger partial charge on any atom is 0.274 e. The average Bonchev–Trinajstić information content (AvgIpc) is 2.24. The number of hydrogen-bond donors (Lipinski definition) is 2. The van der Waals surface area contributed by atoms with Gasteiger partial charge in [0.05, 0.1) is 4.92 Å². The first-order chi connectivity index (χ1) is 8.29. The maximum absolute atomic E-state index is 11.6. The van der Waals surface area contributed by atoms with E-state index in [1.54, 1.807) is 32.0 Å². The van der Waals surface area contributed by atoms with E-state index in [1.807, 2.05) is 0 Å². The van der Waals surface area contributed by atoms with Crippen molar-refractivity contribution in [1.82, 2.24) is 5.32 Å². The van der Waals surface area contributed by atoms with E-state index in [9.17, 15) is 14.9 Å². The van der Waals surface area contributed by atoms with Gasteiger partial charge in [0, 0.05) is 30.1 Å². The van der Waals surface area contributed by atoms with Crippen molar-refractivity contribution in [1.29, 1.82) is 0 Å². The molecule has 0 atom stereocenters. The van der Waals surface area contributed by atoms with Crippen molar-refractivity contribution in [3.05, 3.63) is 39.9 Å². The molecule has 0 aliphatic carbocycles. The van der Waals surface area contributed by atoms with Crippen LogP contribution in [0, 0.1) is 10.1 Å². The number of nitrogens with one attached hydrogen (secondary N) is 1. The Morgan fingerprint density at radius 2 is 2.06 bits per heavy atom. The van der Waals surface area contributed by atoms with Crippen LogP contribution in [0.25, 0.3) is 0 Å². The molecule has 0 saturated carbocycles. The lowest BCUT2D eigenvalue weighted by Gasteiger charge is -2.17. The number of benzene rings is 1. The van der Waals surface area contributed by atoms with Crippen LogP contribution in [0.3, 0.4) is 0 Å². The number of nitrogens with two attached hydrogens (primary N) is 1. The number of rotatable bonds is 5. The first kappa shape index (κ1) is 14.1. The van der Waals surface area contributed by atoms with Crippen LogP contribution in [0.2, 0.25) is 0 Å². The second kappa shape index (κ2) is 5.59. The zero-order chi connectivity index (χ0) is 13.8. The molecule has 0 aromatic heterocycles. The molecule has 0 bridgehead atoms. The highest BCUT2D eigenvalue weighted by atomic mass is 16.6. The zero-order valence-corrected chi connectivity index (χ0v) is 10.5. The number of nitrogens with zero attached hydrogens (tertiary/aromatic N) is 1. The summed E-state index contributed by atoms with van der Waals surface area (Å²) in [5.41, 5.74) is 5.61. The molecule has 0 saturated heterocycles. The minimum atomic E-state index is -0.591. The first-order valence-electron chi connectivity index (χ1n) is 5.57. The molecule has 0 spiro atoms. The molecule has 6 heteroatoms. The number of hydrogen-bond acceptors (Lipinski definition) is 4. The molecule has 1 aromatic rings. The Morgan fingerprint density at radius 1 is 1.44 bits per heavy atom. The highest BCUT2D eigenvalue weighted by Gasteiger charge is 2.17. The van der Waals surface area contributed by atoms with Crippen molar-refractivity contribution in [3.8, 4) is 0 Å². The molecule has 0 unspecified atom stereocenters. The largest absolute Gasteiger partial charge is 0.352 e. The van der Waals surface area contributed by atoms with Gasteiger partial charge in [-0.05, 0) is 13.8 Å². The van der Waals surface area contributed by atoms with E-state index < -0.39 is 10.5 Å². The fourth-order valence-corrected chi connectivity index (χ4v) is 1.51. The van der Waals surface area contributed by atoms with E-state index >= 15 is 0 Å². The smallest absolute Gasteiger partial charge is 0.274 e. The second-order valence-electron chi connectivity index (χ2n) is 4.83. The molecule has 18 heavy (non-hydrogen) atoms. The van der Waals surface area contributed by atoms with Crippen LogP contribution in [0.15, 0.2) is 24.3 Å². The van der Waals surface area contributed by atoms with Crippen LogP contribution in [-0.2, 0) is 11.3 Å². The maximum atomic E-state index is 11.6. The van der Waals surface area contributed by atoms with E-state index in [1.165, 1.54) is 6.07 Å². The predicted molar refractivity (Wildman–Crippen MR) is 67.8 cm³/mol. The van der Waals surface area contributed by atoms with Gasteiger partial charge in [-0.15, -0.1) is 0 Å². The topological polar surface area (TPSA) is 98.3 Å². The minimum absolute atomic E-state index is 0.00445. The highest BCUT2D eigenvalue weighted by molar-refractivity contribution is 5.77. The zero-order valence-electron chi connectivity index (χ0n) is 10.5. The molecular weight excluding hydrogens is 234 g/mol. The number of amides is 1. The van der Waals surface area contributed by atoms with Gasteiger partial charge in [0.15, 0.2) is 0 Å². The quantitative estimate of drug-likeness (QED) is 0.609. The third-order valence-corrected chi connectivity index (χ3v) is 2.28. The summed E-state index contributed by atoms with van der Waals surface area (Å²) in [6.45, 7) is 3.63. The highest BCUT2D eigenvalue weighted by Crippen LogP contribution is 2.17. The van der Waals surface area contributed by atoms with E-state index in [2.05, 4.69) is 5.32 Å². The Balaban J connectivity index is 2.64. The second-order valence-corrected chi connectivity index (χ2v) is 4.83. The van der Waals surface area contributed by atoms with Crippen molar-refractivity contribution in [3.63, 3.8) is 0 Å². The Bertz CT molecular complexity index is 452. The normalized spacial score (nSPS) is 11.1. The number of nitro benzene ring substituents is 1. The monoisotopic (exact) mass is 251 g/mol. The van der Waals surface area contributed by atoms with Crippen LogP contribution in [0.4, 0.5) is 5.69 Å². The molecule has 0 radical (unpaired) electrons. The Morgan fingerprint density at radius 3 is 2.61 bits per heavy atom. The first-order valence-corrected chi connectivity index (χ1v) is 5.57. The summed E-state index contributed by atoms with van der Waals surface area (Å²) in [4.78, 5) is 21.9. The van der Waals surface area contributed by atoms with Crippen molar-refractivity contribution in [2.75, 3.05) is 0 Å². The average molecular weight is 251 g/mol. The third kappa shape index (κ3) is 4.50. The van der Waals surface area contributed by atoms with Gasteiger partial charge in [-0.25, -0.2) is 0 Å². The van der Waals surface area contributed by atoms with Crippen LogP contribution in [0.1, 0.15) is 25.8 Å². The van der Waals surface area contributed by atoms with Gasteiger partial charge in [-0.2, -0.15) is 0 Å². The van der Waals surface area contributed by atoms with Gasteiger partial charge in [0.1, 0.15) is 0 Å². The summed E-state index contributed by atoms with van der Waals surface area (Å²) in [6.07, 6.45) is 0.174. The lowest BCUT2D eigenvalue weighted by Crippen LogP contribution is -2.38. The summed E-state index contributed by atoms with van der Waals surface area (Å²) < 4.78 is 0. The van der Waals surface area contributed by atoms with Crippen LogP contribution in [-0.4, -0.2) is 16.4 Å². The number of para-hydroxylation sites is 1. The fraction of sp³-hybridized carbons (Fsp3) is 0.417. The molecular formula is C12H17N3O3. The summed E-state index contributed by atoms with van der Waals surface area (Å²) in [7, 11) is 0. The SMILES string of the molecule is CC(C)(N)CC(=O)NCc1ccccc1[N+](=O)[O-]. The van der Waals surface area contributed by atoms with Gasteiger partial charge in [-0.1, -0.05) is 18.2 Å². The van der Waals surface area contributed by atoms with Crippen LogP contribution >= 0.6 is 0 Å². The Labute approximate surface area is 105 Å². The molecule has 0 heterocycles. The summed E-state index contributed by atoms with van der Waals surface area (Å²) in [5, 5.41) is 13.4. The molecule has 0 aliphatic heterocycles. The molecule has 1 amide bonds. The van der Waals surface area contributed by atoms with Gasteiger partial charge in [-0.3, -0.25) is 14.9 Å². The summed E-state index contributed by atoms with van der Waals surface area (Å²) in [5.74, 6) is -0.222. The number of nitro groups is 1. The molecule has 6 nitrogen and oxygen atoms in total. The van der Waals surface area contributed by atoms with Crippen LogP contribution < -0.4 is 11.1 Å². The predicted octanol–water partition coefficient (Wildman–Crippen LogP) is 1.34. The van der Waals surface area contributed by atoms with Crippen LogP contribution in [0.5, 0.6) is 0 Å². The molecule has 1 rings (SSSR count). The van der Waals surface area contributed by atoms with E-state index in [-0.39, 0.29) is 24.6 Å². The van der Waals surface area contributed by atoms with Gasteiger partial charge in [0.25, 0.3) is 5.69 Å². The van der Waals surface area contributed by atoms with Crippen molar-refractivity contribution >= 4 is 11.6 Å². The number of carbonyl (C=O) groups excluding carboxylic acids is 1. The fourth-order valence-electron chi connectivity index (χ4n) is 1.51. The van der Waals surface area contributed by atoms with E-state index in [4.69, 9.17) is 5.73 Å². The molecule has 1 aromatic carbocycles. The molecule has 0 aliphatic rings. The van der Waals surface area contributed by atoms with Crippen molar-refractivity contribution < 1.29 is 9.72 Å².